The van der Waals surface area contributed by atoms with Gasteiger partial charge in [-0.3, -0.25) is 9.59 Å². The maximum Gasteiger partial charge on any atom is 0.343 e. The predicted octanol–water partition coefficient (Wildman–Crippen LogP) is 4.27. The Labute approximate surface area is 210 Å². The molecule has 0 aliphatic carbocycles. The molecule has 2 amide bonds. The highest BCUT2D eigenvalue weighted by atomic mass is 16.5. The Balaban J connectivity index is 1.42. The van der Waals surface area contributed by atoms with Crippen molar-refractivity contribution in [2.75, 3.05) is 13.2 Å². The minimum Gasteiger partial charge on any atom is -0.494 e. The number of unbranched alkanes of at least 4 members (excludes halogenated alkanes) is 1. The van der Waals surface area contributed by atoms with E-state index in [0.717, 1.165) is 18.4 Å². The summed E-state index contributed by atoms with van der Waals surface area (Å²) in [6.45, 7) is 4.42. The first-order chi connectivity index (χ1) is 17.4. The monoisotopic (exact) mass is 487 g/mol. The lowest BCUT2D eigenvalue weighted by atomic mass is 10.1. The molecule has 0 radical (unpaired) electrons. The first-order valence-corrected chi connectivity index (χ1v) is 11.7. The standard InChI is InChI=1S/C28H29N3O5/c1-3-4-16-35-24-14-10-22(11-15-24)28(34)36-25-12-8-21(9-13-25)18-30-31-26(32)19-29-27(33)23-7-5-6-20(2)17-23/h5-15,17-18H,3-4,16,19H2,1-2H3,(H,29,33)(H,31,32)/b30-18-. The van der Waals surface area contributed by atoms with E-state index in [4.69, 9.17) is 9.47 Å². The molecule has 0 saturated carbocycles. The molecule has 0 aliphatic heterocycles. The molecule has 3 aromatic rings. The molecule has 3 aromatic carbocycles. The van der Waals surface area contributed by atoms with Crippen molar-refractivity contribution < 1.29 is 23.9 Å². The van der Waals surface area contributed by atoms with Crippen LogP contribution in [0, 0.1) is 6.92 Å². The fourth-order valence-electron chi connectivity index (χ4n) is 3.08. The van der Waals surface area contributed by atoms with Gasteiger partial charge in [0.1, 0.15) is 11.5 Å². The second kappa shape index (κ2) is 13.4. The van der Waals surface area contributed by atoms with Crippen LogP contribution < -0.4 is 20.2 Å². The third-order valence-corrected chi connectivity index (χ3v) is 5.04. The van der Waals surface area contributed by atoms with Crippen LogP contribution in [0.3, 0.4) is 0 Å². The Hall–Kier alpha value is -4.46. The summed E-state index contributed by atoms with van der Waals surface area (Å²) >= 11 is 0. The van der Waals surface area contributed by atoms with Crippen molar-refractivity contribution in [3.05, 3.63) is 95.1 Å². The average Bonchev–Trinajstić information content (AvgIpc) is 2.89. The molecule has 8 nitrogen and oxygen atoms in total. The van der Waals surface area contributed by atoms with E-state index in [9.17, 15) is 14.4 Å². The first-order valence-electron chi connectivity index (χ1n) is 11.7. The predicted molar refractivity (Wildman–Crippen MR) is 137 cm³/mol. The molecule has 3 rings (SSSR count). The Morgan fingerprint density at radius 2 is 1.64 bits per heavy atom. The SMILES string of the molecule is CCCCOc1ccc(C(=O)Oc2ccc(/C=N\NC(=O)CNC(=O)c3cccc(C)c3)cc2)cc1. The summed E-state index contributed by atoms with van der Waals surface area (Å²) < 4.78 is 11.0. The number of ether oxygens (including phenoxy) is 2. The number of carbonyl (C=O) groups is 3. The van der Waals surface area contributed by atoms with Crippen molar-refractivity contribution in [2.24, 2.45) is 5.10 Å². The third-order valence-electron chi connectivity index (χ3n) is 5.04. The zero-order chi connectivity index (χ0) is 25.8. The van der Waals surface area contributed by atoms with E-state index >= 15 is 0 Å². The number of amides is 2. The Kier molecular flexibility index (Phi) is 9.76. The van der Waals surface area contributed by atoms with Crippen molar-refractivity contribution in [3.8, 4) is 11.5 Å². The van der Waals surface area contributed by atoms with E-state index in [1.165, 1.54) is 6.21 Å². The fourth-order valence-corrected chi connectivity index (χ4v) is 3.08. The van der Waals surface area contributed by atoms with Crippen molar-refractivity contribution in [1.82, 2.24) is 10.7 Å². The molecule has 0 unspecified atom stereocenters. The highest BCUT2D eigenvalue weighted by Crippen LogP contribution is 2.16. The summed E-state index contributed by atoms with van der Waals surface area (Å²) in [7, 11) is 0. The lowest BCUT2D eigenvalue weighted by Gasteiger charge is -2.07. The molecule has 186 valence electrons. The lowest BCUT2D eigenvalue weighted by Crippen LogP contribution is -2.34. The van der Waals surface area contributed by atoms with Gasteiger partial charge >= 0.3 is 5.97 Å². The molecule has 0 heterocycles. The van der Waals surface area contributed by atoms with Crippen LogP contribution in [0.1, 0.15) is 51.6 Å². The topological polar surface area (TPSA) is 106 Å². The van der Waals surface area contributed by atoms with Crippen LogP contribution in [-0.2, 0) is 4.79 Å². The molecule has 0 atom stereocenters. The van der Waals surface area contributed by atoms with Gasteiger partial charge in [0, 0.05) is 5.56 Å². The van der Waals surface area contributed by atoms with Crippen LogP contribution in [0.15, 0.2) is 77.9 Å². The number of esters is 1. The summed E-state index contributed by atoms with van der Waals surface area (Å²) in [6, 6.07) is 20.6. The van der Waals surface area contributed by atoms with Crippen molar-refractivity contribution in [1.29, 1.82) is 0 Å². The number of nitrogens with one attached hydrogen (secondary N) is 2. The zero-order valence-corrected chi connectivity index (χ0v) is 20.3. The maximum absolute atomic E-state index is 12.4. The molecule has 8 heteroatoms. The summed E-state index contributed by atoms with van der Waals surface area (Å²) in [4.78, 5) is 36.4. The maximum atomic E-state index is 12.4. The van der Waals surface area contributed by atoms with Gasteiger partial charge in [0.05, 0.1) is 24.9 Å². The van der Waals surface area contributed by atoms with Gasteiger partial charge in [0.2, 0.25) is 0 Å². The number of nitrogens with zero attached hydrogens (tertiary/aromatic N) is 1. The summed E-state index contributed by atoms with van der Waals surface area (Å²) in [5, 5.41) is 6.43. The van der Waals surface area contributed by atoms with Gasteiger partial charge < -0.3 is 14.8 Å². The van der Waals surface area contributed by atoms with Crippen LogP contribution in [0.25, 0.3) is 0 Å². The van der Waals surface area contributed by atoms with Crippen LogP contribution >= 0.6 is 0 Å². The largest absolute Gasteiger partial charge is 0.494 e. The number of hydrogen-bond donors (Lipinski definition) is 2. The second-order valence-electron chi connectivity index (χ2n) is 8.03. The van der Waals surface area contributed by atoms with Crippen LogP contribution in [-0.4, -0.2) is 37.1 Å². The quantitative estimate of drug-likeness (QED) is 0.138. The summed E-state index contributed by atoms with van der Waals surface area (Å²) in [5.41, 5.74) is 4.91. The molecule has 2 N–H and O–H groups in total. The molecular weight excluding hydrogens is 458 g/mol. The van der Waals surface area contributed by atoms with Crippen LogP contribution in [0.5, 0.6) is 11.5 Å². The normalized spacial score (nSPS) is 10.6. The van der Waals surface area contributed by atoms with Gasteiger partial charge in [0.15, 0.2) is 0 Å². The van der Waals surface area contributed by atoms with Gasteiger partial charge in [-0.05, 0) is 79.6 Å². The number of rotatable bonds is 11. The summed E-state index contributed by atoms with van der Waals surface area (Å²) in [6.07, 6.45) is 3.48. The van der Waals surface area contributed by atoms with E-state index < -0.39 is 11.9 Å². The van der Waals surface area contributed by atoms with E-state index in [0.29, 0.717) is 34.8 Å². The number of aryl methyl sites for hydroxylation is 1. The number of benzene rings is 3. The molecule has 0 aliphatic rings. The smallest absolute Gasteiger partial charge is 0.343 e. The number of hydrogen-bond acceptors (Lipinski definition) is 6. The van der Waals surface area contributed by atoms with Gasteiger partial charge in [-0.25, -0.2) is 10.2 Å². The summed E-state index contributed by atoms with van der Waals surface area (Å²) in [5.74, 6) is -0.178. The number of hydrazone groups is 1. The van der Waals surface area contributed by atoms with Gasteiger partial charge in [-0.15, -0.1) is 0 Å². The molecule has 0 fully saturated rings. The van der Waals surface area contributed by atoms with E-state index in [1.54, 1.807) is 66.7 Å². The van der Waals surface area contributed by atoms with Crippen LogP contribution in [0.4, 0.5) is 0 Å². The van der Waals surface area contributed by atoms with Gasteiger partial charge in [-0.1, -0.05) is 31.0 Å². The second-order valence-corrected chi connectivity index (χ2v) is 8.03. The highest BCUT2D eigenvalue weighted by Gasteiger charge is 2.09. The van der Waals surface area contributed by atoms with Crippen molar-refractivity contribution >= 4 is 24.0 Å². The number of carbonyl (C=O) groups excluding carboxylic acids is 3. The molecule has 0 bridgehead atoms. The Morgan fingerprint density at radius 1 is 0.917 bits per heavy atom. The molecule has 0 saturated heterocycles. The molecular formula is C28H29N3O5. The third kappa shape index (κ3) is 8.39. The van der Waals surface area contributed by atoms with Crippen molar-refractivity contribution in [3.63, 3.8) is 0 Å². The van der Waals surface area contributed by atoms with E-state index in [1.807, 2.05) is 13.0 Å². The molecule has 0 aromatic heterocycles. The molecule has 0 spiro atoms. The lowest BCUT2D eigenvalue weighted by molar-refractivity contribution is -0.120. The molecule has 36 heavy (non-hydrogen) atoms. The minimum absolute atomic E-state index is 0.204. The average molecular weight is 488 g/mol. The Morgan fingerprint density at radius 3 is 2.33 bits per heavy atom. The first kappa shape index (κ1) is 26.2. The van der Waals surface area contributed by atoms with Crippen LogP contribution in [0.2, 0.25) is 0 Å². The van der Waals surface area contributed by atoms with E-state index in [-0.39, 0.29) is 12.5 Å². The van der Waals surface area contributed by atoms with Gasteiger partial charge in [0.25, 0.3) is 11.8 Å². The van der Waals surface area contributed by atoms with E-state index in [2.05, 4.69) is 22.8 Å². The van der Waals surface area contributed by atoms with Crippen molar-refractivity contribution in [2.45, 2.75) is 26.7 Å². The highest BCUT2D eigenvalue weighted by molar-refractivity contribution is 5.96. The minimum atomic E-state index is -0.475. The Bertz CT molecular complexity index is 1200. The van der Waals surface area contributed by atoms with Gasteiger partial charge in [-0.2, -0.15) is 5.10 Å². The zero-order valence-electron chi connectivity index (χ0n) is 20.3. The fraction of sp³-hybridized carbons (Fsp3) is 0.214.